The Morgan fingerprint density at radius 1 is 0.707 bits per heavy atom. The molecule has 1 aromatic carbocycles. The second-order valence-corrected chi connectivity index (χ2v) is 24.0. The SMILES string of the molecule is CNC(=O)C[C@@H]1NC(=O)c2csc(n2)-c2ccc(-c3nc(NC(=O)C(F)(F)F)cs3)nc2-c2csc(n2)-c2csc(n2)C([C@@H](OC(C)=O)c2ccccc2)NC(=O)CNC(=O)c2nc(sc2COC)[C@H](C(C)C)NC(=O)c2nc1sc2C. The molecule has 82 heavy (non-hydrogen) atoms. The van der Waals surface area contributed by atoms with E-state index >= 15 is 0 Å². The first kappa shape index (κ1) is 58.8. The number of fused-ring (bicyclic) bond motifs is 14. The summed E-state index contributed by atoms with van der Waals surface area (Å²) in [4.78, 5) is 128. The number of benzene rings is 1. The van der Waals surface area contributed by atoms with Crippen LogP contribution in [0.2, 0.25) is 0 Å². The number of aromatic nitrogens is 7. The zero-order chi connectivity index (χ0) is 58.6. The molecule has 0 spiro atoms. The molecule has 1 unspecified atom stereocenters. The van der Waals surface area contributed by atoms with E-state index in [-0.39, 0.29) is 79.0 Å². The van der Waals surface area contributed by atoms with Crippen LogP contribution >= 0.6 is 68.0 Å². The largest absolute Gasteiger partial charge is 0.471 e. The number of methoxy groups -OCH3 is 1. The lowest BCUT2D eigenvalue weighted by Gasteiger charge is -2.26. The van der Waals surface area contributed by atoms with E-state index in [1.54, 1.807) is 65.5 Å². The van der Waals surface area contributed by atoms with E-state index < -0.39 is 78.4 Å². The van der Waals surface area contributed by atoms with E-state index in [1.165, 1.54) is 43.2 Å². The van der Waals surface area contributed by atoms with Gasteiger partial charge in [0.15, 0.2) is 6.10 Å². The number of thiazole rings is 6. The summed E-state index contributed by atoms with van der Waals surface area (Å²) in [5.74, 6) is -6.65. The number of nitrogens with one attached hydrogen (secondary N) is 6. The Morgan fingerprint density at radius 2 is 1.40 bits per heavy atom. The fourth-order valence-electron chi connectivity index (χ4n) is 8.13. The summed E-state index contributed by atoms with van der Waals surface area (Å²) in [5, 5.41) is 23.5. The Bertz CT molecular complexity index is 3720. The standard InChI is InChI=1S/C51H46F3N13O9S6/c1-21(2)35-49-67-38(31(82-49)16-75-6)42(72)56-15-34(70)64-39(40(76-23(4)68)24-10-8-7-9-11-24)48-61-30(19-79-48)46-59-28(17-78-46)37-25(12-13-26(57-37)45-62-32(20-80-45)63-50(74)51(52,53)54)44-60-29(18-77-44)41(71)58-27(14-33(69)55-5)47-66-36(22(3)81-47)43(73)65-35/h7-13,17-21,27,35,39-40H,14-16H2,1-6H3,(H,55,69)(H,56,72)(H,58,71)(H,63,74)(H,64,70)(H,65,73)/t27-,35-,39?,40-/m0/s1. The maximum atomic E-state index is 14.2. The number of aryl methyl sites for hydroxylation is 1. The van der Waals surface area contributed by atoms with E-state index in [2.05, 4.69) is 46.5 Å². The summed E-state index contributed by atoms with van der Waals surface area (Å²) in [7, 11) is 2.88. The van der Waals surface area contributed by atoms with Gasteiger partial charge in [-0.15, -0.1) is 68.0 Å². The van der Waals surface area contributed by atoms with Crippen molar-refractivity contribution < 1.29 is 56.2 Å². The molecule has 7 aromatic heterocycles. The van der Waals surface area contributed by atoms with Gasteiger partial charge in [0.05, 0.1) is 42.2 Å². The molecule has 8 heterocycles. The maximum absolute atomic E-state index is 14.2. The topological polar surface area (TPSA) is 300 Å². The molecule has 4 atom stereocenters. The van der Waals surface area contributed by atoms with Gasteiger partial charge < -0.3 is 41.4 Å². The van der Waals surface area contributed by atoms with Crippen LogP contribution < -0.4 is 31.9 Å². The average Bonchev–Trinajstić information content (AvgIpc) is 4.33. The third kappa shape index (κ3) is 13.4. The Hall–Kier alpha value is -7.81. The van der Waals surface area contributed by atoms with Crippen molar-refractivity contribution >= 4 is 115 Å². The first-order valence-corrected chi connectivity index (χ1v) is 29.6. The summed E-state index contributed by atoms with van der Waals surface area (Å²) < 4.78 is 50.8. The van der Waals surface area contributed by atoms with Crippen LogP contribution in [0.15, 0.2) is 64.0 Å². The highest BCUT2D eigenvalue weighted by Gasteiger charge is 2.39. The number of carbonyl (C=O) groups is 7. The molecule has 31 heteroatoms. The summed E-state index contributed by atoms with van der Waals surface area (Å²) in [5.41, 5.74) is 1.79. The minimum absolute atomic E-state index is 0.0171. The average molecular weight is 1230 g/mol. The van der Waals surface area contributed by atoms with Crippen LogP contribution in [0.5, 0.6) is 0 Å². The molecule has 22 nitrogen and oxygen atoms in total. The quantitative estimate of drug-likeness (QED) is 0.0701. The number of halogens is 3. The van der Waals surface area contributed by atoms with Crippen molar-refractivity contribution in [3.8, 4) is 43.4 Å². The van der Waals surface area contributed by atoms with Gasteiger partial charge in [-0.1, -0.05) is 44.2 Å². The van der Waals surface area contributed by atoms with Crippen molar-refractivity contribution in [1.82, 2.24) is 61.5 Å². The normalized spacial score (nSPS) is 16.5. The molecule has 6 N–H and O–H groups in total. The summed E-state index contributed by atoms with van der Waals surface area (Å²) in [6, 6.07) is 8.91. The molecule has 0 fully saturated rings. The van der Waals surface area contributed by atoms with Crippen molar-refractivity contribution in [1.29, 1.82) is 0 Å². The predicted molar refractivity (Wildman–Crippen MR) is 301 cm³/mol. The highest BCUT2D eigenvalue weighted by Crippen LogP contribution is 2.41. The van der Waals surface area contributed by atoms with Gasteiger partial charge in [0, 0.05) is 53.0 Å². The Balaban J connectivity index is 1.15. The second kappa shape index (κ2) is 25.1. The van der Waals surface area contributed by atoms with Crippen LogP contribution in [0.25, 0.3) is 43.4 Å². The smallest absolute Gasteiger partial charge is 0.455 e. The highest BCUT2D eigenvalue weighted by atomic mass is 32.1. The number of alkyl halides is 3. The van der Waals surface area contributed by atoms with Crippen LogP contribution in [0.3, 0.4) is 0 Å². The van der Waals surface area contributed by atoms with Crippen LogP contribution in [0, 0.1) is 12.8 Å². The second-order valence-electron chi connectivity index (χ2n) is 18.2. The molecule has 6 amide bonds. The zero-order valence-corrected chi connectivity index (χ0v) is 48.6. The Kier molecular flexibility index (Phi) is 18.0. The van der Waals surface area contributed by atoms with Gasteiger partial charge in [-0.25, -0.2) is 34.9 Å². The Labute approximate surface area is 487 Å². The van der Waals surface area contributed by atoms with E-state index in [9.17, 15) is 46.7 Å². The predicted octanol–water partition coefficient (Wildman–Crippen LogP) is 8.38. The van der Waals surface area contributed by atoms with Crippen LogP contribution in [0.1, 0.15) is 113 Å². The number of amides is 6. The molecule has 9 rings (SSSR count). The first-order valence-electron chi connectivity index (χ1n) is 24.5. The number of nitrogens with zero attached hydrogens (tertiary/aromatic N) is 7. The van der Waals surface area contributed by atoms with Crippen LogP contribution in [-0.4, -0.2) is 103 Å². The maximum Gasteiger partial charge on any atom is 0.471 e. The molecule has 1 aliphatic heterocycles. The molecule has 0 aliphatic carbocycles. The molecular formula is C51H46F3N13O9S6. The third-order valence-corrected chi connectivity index (χ3v) is 17.7. The molecule has 426 valence electrons. The molecular weight excluding hydrogens is 1190 g/mol. The minimum atomic E-state index is -5.17. The van der Waals surface area contributed by atoms with Gasteiger partial charge in [-0.3, -0.25) is 33.6 Å². The lowest BCUT2D eigenvalue weighted by Crippen LogP contribution is -2.41. The van der Waals surface area contributed by atoms with Gasteiger partial charge in [-0.2, -0.15) is 13.2 Å². The molecule has 0 saturated heterocycles. The number of esters is 1. The van der Waals surface area contributed by atoms with E-state index in [4.69, 9.17) is 24.4 Å². The number of rotatable bonds is 10. The summed E-state index contributed by atoms with van der Waals surface area (Å²) in [6.07, 6.45) is -6.56. The molecule has 1 aliphatic rings. The zero-order valence-electron chi connectivity index (χ0n) is 43.7. The summed E-state index contributed by atoms with van der Waals surface area (Å²) >= 11 is 6.53. The van der Waals surface area contributed by atoms with Crippen molar-refractivity contribution in [3.05, 3.63) is 111 Å². The van der Waals surface area contributed by atoms with Crippen LogP contribution in [0.4, 0.5) is 19.0 Å². The Morgan fingerprint density at radius 3 is 2.12 bits per heavy atom. The number of ether oxygens (including phenoxy) is 2. The highest BCUT2D eigenvalue weighted by molar-refractivity contribution is 7.15. The minimum Gasteiger partial charge on any atom is -0.455 e. The molecule has 0 saturated carbocycles. The monoisotopic (exact) mass is 1230 g/mol. The van der Waals surface area contributed by atoms with Crippen molar-refractivity contribution in [2.75, 3.05) is 26.0 Å². The molecule has 10 bridgehead atoms. The van der Waals surface area contributed by atoms with E-state index in [1.807, 2.05) is 13.8 Å². The van der Waals surface area contributed by atoms with Gasteiger partial charge in [0.2, 0.25) is 11.8 Å². The number of hydrogen-bond donors (Lipinski definition) is 6. The van der Waals surface area contributed by atoms with E-state index in [0.717, 1.165) is 56.7 Å². The van der Waals surface area contributed by atoms with Gasteiger partial charge >= 0.3 is 18.1 Å². The first-order chi connectivity index (χ1) is 39.2. The molecule has 0 radical (unpaired) electrons. The van der Waals surface area contributed by atoms with Crippen molar-refractivity contribution in [3.63, 3.8) is 0 Å². The van der Waals surface area contributed by atoms with E-state index in [0.29, 0.717) is 36.6 Å². The van der Waals surface area contributed by atoms with Gasteiger partial charge in [-0.05, 0) is 30.5 Å². The van der Waals surface area contributed by atoms with Crippen molar-refractivity contribution in [2.24, 2.45) is 5.92 Å². The van der Waals surface area contributed by atoms with Gasteiger partial charge in [0.1, 0.15) is 76.1 Å². The lowest BCUT2D eigenvalue weighted by atomic mass is 10.0. The summed E-state index contributed by atoms with van der Waals surface area (Å²) in [6.45, 7) is 6.00. The third-order valence-electron chi connectivity index (χ3n) is 12.0. The number of carbonyl (C=O) groups excluding carboxylic acids is 7. The lowest BCUT2D eigenvalue weighted by molar-refractivity contribution is -0.167. The van der Waals surface area contributed by atoms with Crippen LogP contribution in [-0.2, 0) is 35.3 Å². The van der Waals surface area contributed by atoms with Gasteiger partial charge in [0.25, 0.3) is 17.7 Å². The fraction of sp³-hybridized carbons (Fsp3) is 0.294. The van der Waals surface area contributed by atoms with Crippen molar-refractivity contribution in [2.45, 2.75) is 71.1 Å². The number of anilines is 1. The fourth-order valence-corrected chi connectivity index (χ4v) is 13.6. The molecule has 8 aromatic rings. The number of hydrogen-bond acceptors (Lipinski definition) is 22. The number of pyridine rings is 1.